The van der Waals surface area contributed by atoms with Crippen molar-refractivity contribution in [3.05, 3.63) is 0 Å². The molecule has 0 spiro atoms. The molecule has 0 N–H and O–H groups in total. The lowest BCUT2D eigenvalue weighted by molar-refractivity contribution is -0.453. The van der Waals surface area contributed by atoms with Crippen LogP contribution in [0.1, 0.15) is 13.3 Å². The molecule has 0 amide bonds. The highest BCUT2D eigenvalue weighted by atomic mass is 19.4. The lowest BCUT2D eigenvalue weighted by atomic mass is 9.91. The summed E-state index contributed by atoms with van der Waals surface area (Å²) in [5, 5.41) is 0. The largest absolute Gasteiger partial charge is 0.460 e. The molecule has 0 aromatic rings. The third-order valence-electron chi connectivity index (χ3n) is 3.10. The summed E-state index contributed by atoms with van der Waals surface area (Å²) < 4.78 is 195. The summed E-state index contributed by atoms with van der Waals surface area (Å²) in [7, 11) is 0. The molecule has 0 rings (SSSR count). The van der Waals surface area contributed by atoms with Gasteiger partial charge in [-0.15, -0.1) is 0 Å². The first-order chi connectivity index (χ1) is 12.0. The Morgan fingerprint density at radius 2 is 0.929 bits per heavy atom. The van der Waals surface area contributed by atoms with Crippen LogP contribution in [0.4, 0.5) is 65.9 Å². The van der Waals surface area contributed by atoms with Gasteiger partial charge in [-0.25, -0.2) is 0 Å². The highest BCUT2D eigenvalue weighted by Gasteiger charge is 2.93. The van der Waals surface area contributed by atoms with Crippen LogP contribution in [0.3, 0.4) is 0 Å². The molecular weight excluding hydrogens is 449 g/mol. The quantitative estimate of drug-likeness (QED) is 0.366. The minimum atomic E-state index is -8.35. The van der Waals surface area contributed by atoms with E-state index in [0.29, 0.717) is 0 Å². The highest BCUT2D eigenvalue weighted by Crippen LogP contribution is 2.62. The molecular formula is C11H7F15O2. The van der Waals surface area contributed by atoms with Gasteiger partial charge in [0.2, 0.25) is 0 Å². The highest BCUT2D eigenvalue weighted by molar-refractivity contribution is 5.68. The predicted molar refractivity (Wildman–Crippen MR) is 57.0 cm³/mol. The molecule has 0 saturated carbocycles. The second kappa shape index (κ2) is 7.03. The second-order valence-electron chi connectivity index (χ2n) is 5.09. The second-order valence-corrected chi connectivity index (χ2v) is 5.09. The Morgan fingerprint density at radius 1 is 0.607 bits per heavy atom. The first kappa shape index (κ1) is 26.4. The van der Waals surface area contributed by atoms with E-state index in [0.717, 1.165) is 6.92 Å². The summed E-state index contributed by atoms with van der Waals surface area (Å²) in [5.41, 5.74) is 0. The van der Waals surface area contributed by atoms with Crippen molar-refractivity contribution in [2.75, 3.05) is 6.61 Å². The van der Waals surface area contributed by atoms with Gasteiger partial charge in [-0.1, -0.05) is 6.92 Å². The molecule has 168 valence electrons. The van der Waals surface area contributed by atoms with E-state index in [1.165, 1.54) is 0 Å². The number of hydrogen-bond acceptors (Lipinski definition) is 2. The molecule has 0 fully saturated rings. The Kier molecular flexibility index (Phi) is 6.64. The first-order valence-electron chi connectivity index (χ1n) is 6.45. The zero-order valence-corrected chi connectivity index (χ0v) is 12.9. The van der Waals surface area contributed by atoms with Crippen molar-refractivity contribution in [3.63, 3.8) is 0 Å². The Labute approximate surface area is 144 Å². The number of rotatable bonds is 8. The molecule has 28 heavy (non-hydrogen) atoms. The third kappa shape index (κ3) is 3.67. The third-order valence-corrected chi connectivity index (χ3v) is 3.10. The topological polar surface area (TPSA) is 26.3 Å². The maximum atomic E-state index is 13.2. The van der Waals surface area contributed by atoms with Gasteiger partial charge in [0.05, 0.1) is 0 Å². The maximum absolute atomic E-state index is 13.2. The molecule has 0 atom stereocenters. The number of esters is 1. The van der Waals surface area contributed by atoms with Crippen LogP contribution < -0.4 is 0 Å². The normalized spacial score (nSPS) is 15.6. The molecule has 17 heteroatoms. The van der Waals surface area contributed by atoms with Gasteiger partial charge >= 0.3 is 47.7 Å². The van der Waals surface area contributed by atoms with E-state index in [-0.39, 0.29) is 0 Å². The van der Waals surface area contributed by atoms with E-state index in [1.807, 2.05) is 0 Å². The maximum Gasteiger partial charge on any atom is 0.460 e. The SMILES string of the molecule is CCC(=O)OCC(F)(F)C(F)(F)C(F)(F)C(F)(F)C(F)(F)C(F)(F)C(F)(F)F. The summed E-state index contributed by atoms with van der Waals surface area (Å²) in [6.07, 6.45) is -8.48. The number of ether oxygens (including phenoxy) is 1. The van der Waals surface area contributed by atoms with Crippen LogP contribution in [0.15, 0.2) is 0 Å². The van der Waals surface area contributed by atoms with Crippen LogP contribution in [0.2, 0.25) is 0 Å². The zero-order valence-electron chi connectivity index (χ0n) is 12.9. The van der Waals surface area contributed by atoms with Crippen LogP contribution in [0.5, 0.6) is 0 Å². The van der Waals surface area contributed by atoms with E-state index >= 15 is 0 Å². The van der Waals surface area contributed by atoms with Gasteiger partial charge in [-0.05, 0) is 0 Å². The molecule has 0 heterocycles. The van der Waals surface area contributed by atoms with Gasteiger partial charge in [0.15, 0.2) is 6.61 Å². The average Bonchev–Trinajstić information content (AvgIpc) is 2.50. The molecule has 0 aromatic carbocycles. The summed E-state index contributed by atoms with van der Waals surface area (Å²) in [5.74, 6) is -48.8. The Hall–Kier alpha value is -1.58. The molecule has 0 bridgehead atoms. The predicted octanol–water partition coefficient (Wildman–Crippen LogP) is 5.31. The van der Waals surface area contributed by atoms with E-state index in [2.05, 4.69) is 4.74 Å². The van der Waals surface area contributed by atoms with Gasteiger partial charge in [-0.2, -0.15) is 65.9 Å². The van der Waals surface area contributed by atoms with Crippen molar-refractivity contribution in [1.29, 1.82) is 0 Å². The fraction of sp³-hybridized carbons (Fsp3) is 0.909. The fourth-order valence-corrected chi connectivity index (χ4v) is 1.36. The molecule has 0 radical (unpaired) electrons. The number of halogens is 15. The van der Waals surface area contributed by atoms with Crippen LogP contribution in [-0.4, -0.2) is 54.3 Å². The number of hydrogen-bond donors (Lipinski definition) is 0. The summed E-state index contributed by atoms with van der Waals surface area (Å²) in [4.78, 5) is 10.6. The van der Waals surface area contributed by atoms with E-state index < -0.39 is 60.7 Å². The van der Waals surface area contributed by atoms with Crippen molar-refractivity contribution < 1.29 is 75.4 Å². The van der Waals surface area contributed by atoms with E-state index in [1.54, 1.807) is 0 Å². The molecule has 0 saturated heterocycles. The van der Waals surface area contributed by atoms with Gasteiger partial charge in [-0.3, -0.25) is 4.79 Å². The molecule has 0 aromatic heterocycles. The summed E-state index contributed by atoms with van der Waals surface area (Å²) in [6, 6.07) is 0. The van der Waals surface area contributed by atoms with E-state index in [4.69, 9.17) is 0 Å². The Bertz CT molecular complexity index is 577. The monoisotopic (exact) mass is 456 g/mol. The van der Waals surface area contributed by atoms with Crippen molar-refractivity contribution in [3.8, 4) is 0 Å². The zero-order chi connectivity index (χ0) is 23.2. The smallest absolute Gasteiger partial charge is 0.459 e. The van der Waals surface area contributed by atoms with Gasteiger partial charge in [0, 0.05) is 6.42 Å². The van der Waals surface area contributed by atoms with E-state index in [9.17, 15) is 70.7 Å². The van der Waals surface area contributed by atoms with Crippen molar-refractivity contribution in [2.45, 2.75) is 55.1 Å². The minimum absolute atomic E-state index is 0.829. The Morgan fingerprint density at radius 3 is 1.25 bits per heavy atom. The average molecular weight is 456 g/mol. The van der Waals surface area contributed by atoms with Gasteiger partial charge < -0.3 is 4.74 Å². The van der Waals surface area contributed by atoms with Crippen LogP contribution in [-0.2, 0) is 9.53 Å². The van der Waals surface area contributed by atoms with Crippen molar-refractivity contribution >= 4 is 5.97 Å². The number of carbonyl (C=O) groups is 1. The summed E-state index contributed by atoms with van der Waals surface area (Å²) >= 11 is 0. The number of carbonyl (C=O) groups excluding carboxylic acids is 1. The molecule has 2 nitrogen and oxygen atoms in total. The van der Waals surface area contributed by atoms with Crippen LogP contribution in [0, 0.1) is 0 Å². The lowest BCUT2D eigenvalue weighted by Gasteiger charge is -2.41. The first-order valence-corrected chi connectivity index (χ1v) is 6.45. The molecule has 0 unspecified atom stereocenters. The van der Waals surface area contributed by atoms with Gasteiger partial charge in [0.25, 0.3) is 0 Å². The fourth-order valence-electron chi connectivity index (χ4n) is 1.36. The van der Waals surface area contributed by atoms with Crippen LogP contribution in [0.25, 0.3) is 0 Å². The summed E-state index contributed by atoms with van der Waals surface area (Å²) in [6.45, 7) is -2.24. The van der Waals surface area contributed by atoms with Gasteiger partial charge in [0.1, 0.15) is 0 Å². The Balaban J connectivity index is 6.28. The molecule has 0 aliphatic carbocycles. The van der Waals surface area contributed by atoms with Crippen molar-refractivity contribution in [1.82, 2.24) is 0 Å². The molecule has 0 aliphatic heterocycles. The molecule has 0 aliphatic rings. The number of alkyl halides is 15. The van der Waals surface area contributed by atoms with Crippen molar-refractivity contribution in [2.24, 2.45) is 0 Å². The van der Waals surface area contributed by atoms with Crippen LogP contribution >= 0.6 is 0 Å². The lowest BCUT2D eigenvalue weighted by Crippen LogP contribution is -2.73. The standard InChI is InChI=1S/C11H7F15O2/c1-2-4(27)28-3-5(12,13)6(14,15)7(16,17)8(18,19)9(20,21)10(22,23)11(24,25)26/h2-3H2,1H3. The minimum Gasteiger partial charge on any atom is -0.459 e.